The van der Waals surface area contributed by atoms with Gasteiger partial charge in [0.15, 0.2) is 11.5 Å². The fourth-order valence-electron chi connectivity index (χ4n) is 1.79. The highest BCUT2D eigenvalue weighted by Gasteiger charge is 2.24. The maximum Gasteiger partial charge on any atom is 0.298 e. The smallest absolute Gasteiger partial charge is 0.298 e. The van der Waals surface area contributed by atoms with E-state index < -0.39 is 71.6 Å². The Bertz CT molecular complexity index is 1340. The number of phenols is 2. The van der Waals surface area contributed by atoms with E-state index in [4.69, 9.17) is 28.4 Å². The number of rotatable bonds is 4. The van der Waals surface area contributed by atoms with Crippen LogP contribution < -0.4 is 0 Å². The van der Waals surface area contributed by atoms with Crippen LogP contribution in [-0.4, -0.2) is 62.1 Å². The van der Waals surface area contributed by atoms with E-state index in [9.17, 15) is 33.7 Å². The van der Waals surface area contributed by atoms with Crippen molar-refractivity contribution in [2.24, 2.45) is 0 Å². The molecule has 2 rings (SSSR count). The van der Waals surface area contributed by atoms with Gasteiger partial charge in [-0.15, -0.1) is 0 Å². The molecule has 168 valence electrons. The van der Waals surface area contributed by atoms with Crippen molar-refractivity contribution in [2.75, 3.05) is 0 Å². The van der Waals surface area contributed by atoms with Gasteiger partial charge in [-0.25, -0.2) is 0 Å². The molecule has 14 nitrogen and oxygen atoms in total. The number of aromatic hydroxyl groups is 2. The van der Waals surface area contributed by atoms with Crippen LogP contribution in [-0.2, 0) is 40.5 Å². The Morgan fingerprint density at radius 2 is 0.900 bits per heavy atom. The zero-order chi connectivity index (χ0) is 23.7. The van der Waals surface area contributed by atoms with Crippen LogP contribution in [0.25, 0.3) is 0 Å². The number of phenolic OH excluding ortho intramolecular Hbond substituents is 2. The van der Waals surface area contributed by atoms with E-state index in [0.717, 1.165) is 12.1 Å². The first-order chi connectivity index (χ1) is 13.3. The predicted octanol–water partition coefficient (Wildman–Crippen LogP) is -0.229. The van der Waals surface area contributed by atoms with E-state index in [1.54, 1.807) is 0 Å². The summed E-state index contributed by atoms with van der Waals surface area (Å²) in [5.41, 5.74) is 0. The Labute approximate surface area is 170 Å². The summed E-state index contributed by atoms with van der Waals surface area (Å²) < 4.78 is 120. The van der Waals surface area contributed by atoms with Crippen molar-refractivity contribution in [1.82, 2.24) is 0 Å². The summed E-state index contributed by atoms with van der Waals surface area (Å²) in [5.74, 6) is -2.32. The van der Waals surface area contributed by atoms with Gasteiger partial charge in [0.2, 0.25) is 0 Å². The van der Waals surface area contributed by atoms with Gasteiger partial charge in [0.05, 0.1) is 4.90 Å². The largest absolute Gasteiger partial charge is 0.504 e. The van der Waals surface area contributed by atoms with Crippen LogP contribution in [0.15, 0.2) is 56.0 Å². The molecule has 2 aromatic rings. The molecule has 30 heavy (non-hydrogen) atoms. The van der Waals surface area contributed by atoms with Crippen molar-refractivity contribution in [3.63, 3.8) is 0 Å². The highest BCUT2D eigenvalue weighted by molar-refractivity contribution is 7.89. The highest BCUT2D eigenvalue weighted by atomic mass is 32.2. The molecule has 0 aliphatic rings. The standard InChI is InChI=1S/C6H6O8S2.C6H6O6S2/c7-4-1-3(15(9,10)11)2-5(6(4)8)16(12,13)14;7-13(8,9)5-3-1-2-4-6(5)14(10,11)12/h1-2,7-8H,(H,9,10,11)(H,12,13,14);1-4H,(H,7,8,9)(H,10,11,12). The molecule has 0 atom stereocenters. The minimum absolute atomic E-state index is 0.305. The Kier molecular flexibility index (Phi) is 7.23. The molecule has 0 heterocycles. The van der Waals surface area contributed by atoms with Crippen LogP contribution in [0.5, 0.6) is 11.5 Å². The first-order valence-electron chi connectivity index (χ1n) is 6.81. The lowest BCUT2D eigenvalue weighted by atomic mass is 10.3. The summed E-state index contributed by atoms with van der Waals surface area (Å²) in [6.07, 6.45) is 0. The van der Waals surface area contributed by atoms with Gasteiger partial charge in [0.1, 0.15) is 14.7 Å². The molecule has 0 amide bonds. The van der Waals surface area contributed by atoms with Gasteiger partial charge < -0.3 is 10.2 Å². The van der Waals surface area contributed by atoms with Gasteiger partial charge >= 0.3 is 0 Å². The third kappa shape index (κ3) is 6.60. The first kappa shape index (κ1) is 25.7. The second kappa shape index (κ2) is 8.43. The highest BCUT2D eigenvalue weighted by Crippen LogP contribution is 2.34. The second-order valence-corrected chi connectivity index (χ2v) is 10.7. The van der Waals surface area contributed by atoms with Crippen LogP contribution >= 0.6 is 0 Å². The van der Waals surface area contributed by atoms with Crippen molar-refractivity contribution >= 4 is 40.5 Å². The molecule has 2 aromatic carbocycles. The minimum Gasteiger partial charge on any atom is -0.504 e. The Morgan fingerprint density at radius 3 is 1.20 bits per heavy atom. The zero-order valence-electron chi connectivity index (χ0n) is 14.0. The second-order valence-electron chi connectivity index (χ2n) is 5.14. The SMILES string of the molecule is O=S(=O)(O)c1cc(O)c(O)c(S(=O)(=O)O)c1.O=S(=O)(O)c1ccccc1S(=O)(=O)O. The molecule has 0 saturated carbocycles. The maximum atomic E-state index is 10.7. The van der Waals surface area contributed by atoms with E-state index in [1.807, 2.05) is 0 Å². The number of hydrogen-bond donors (Lipinski definition) is 6. The van der Waals surface area contributed by atoms with Crippen molar-refractivity contribution in [3.8, 4) is 11.5 Å². The summed E-state index contributed by atoms with van der Waals surface area (Å²) >= 11 is 0. The molecule has 6 N–H and O–H groups in total. The van der Waals surface area contributed by atoms with Crippen molar-refractivity contribution < 1.29 is 62.1 Å². The molecule has 0 spiro atoms. The number of hydrogen-bond acceptors (Lipinski definition) is 10. The molecule has 18 heteroatoms. The van der Waals surface area contributed by atoms with Crippen LogP contribution in [0.2, 0.25) is 0 Å². The van der Waals surface area contributed by atoms with E-state index in [-0.39, 0.29) is 0 Å². The lowest BCUT2D eigenvalue weighted by molar-refractivity contribution is 0.386. The summed E-state index contributed by atoms with van der Waals surface area (Å²) in [6, 6.07) is 4.92. The lowest BCUT2D eigenvalue weighted by Crippen LogP contribution is -2.07. The monoisotopic (exact) mass is 508 g/mol. The third-order valence-electron chi connectivity index (χ3n) is 3.01. The Hall–Kier alpha value is -2.32. The van der Waals surface area contributed by atoms with Gasteiger partial charge in [-0.2, -0.15) is 33.7 Å². The molecule has 0 aromatic heterocycles. The fourth-order valence-corrected chi connectivity index (χ4v) is 4.79. The van der Waals surface area contributed by atoms with Crippen LogP contribution in [0.4, 0.5) is 0 Å². The summed E-state index contributed by atoms with van der Waals surface area (Å²) in [4.78, 5) is -3.89. The van der Waals surface area contributed by atoms with E-state index in [1.165, 1.54) is 12.1 Å². The summed E-state index contributed by atoms with van der Waals surface area (Å²) in [5, 5.41) is 18.1. The van der Waals surface area contributed by atoms with Crippen molar-refractivity contribution in [3.05, 3.63) is 36.4 Å². The predicted molar refractivity (Wildman–Crippen MR) is 95.5 cm³/mol. The van der Waals surface area contributed by atoms with Gasteiger partial charge in [-0.1, -0.05) is 12.1 Å². The van der Waals surface area contributed by atoms with Gasteiger partial charge in [0, 0.05) is 6.07 Å². The topological polar surface area (TPSA) is 258 Å². The molecule has 0 unspecified atom stereocenters. The molecule has 0 aliphatic carbocycles. The Morgan fingerprint density at radius 1 is 0.533 bits per heavy atom. The summed E-state index contributed by atoms with van der Waals surface area (Å²) in [6.45, 7) is 0. The molecule has 0 radical (unpaired) electrons. The van der Waals surface area contributed by atoms with E-state index in [2.05, 4.69) is 0 Å². The lowest BCUT2D eigenvalue weighted by Gasteiger charge is -2.05. The van der Waals surface area contributed by atoms with Gasteiger partial charge in [-0.3, -0.25) is 18.2 Å². The third-order valence-corrected chi connectivity index (χ3v) is 6.66. The maximum absolute atomic E-state index is 10.7. The number of benzene rings is 2. The summed E-state index contributed by atoms with van der Waals surface area (Å²) in [7, 11) is -19.0. The molecule has 0 saturated heterocycles. The molecule has 0 bridgehead atoms. The first-order valence-corrected chi connectivity index (χ1v) is 12.6. The van der Waals surface area contributed by atoms with Gasteiger partial charge in [0.25, 0.3) is 40.5 Å². The van der Waals surface area contributed by atoms with Gasteiger partial charge in [-0.05, 0) is 18.2 Å². The fraction of sp³-hybridized carbons (Fsp3) is 0. The van der Waals surface area contributed by atoms with Crippen LogP contribution in [0, 0.1) is 0 Å². The quantitative estimate of drug-likeness (QED) is 0.230. The average Bonchev–Trinajstić information content (AvgIpc) is 2.54. The molecular formula is C12H12O14S4. The van der Waals surface area contributed by atoms with Crippen molar-refractivity contribution in [2.45, 2.75) is 19.6 Å². The minimum atomic E-state index is -4.92. The van der Waals surface area contributed by atoms with E-state index in [0.29, 0.717) is 12.1 Å². The van der Waals surface area contributed by atoms with Crippen LogP contribution in [0.3, 0.4) is 0 Å². The van der Waals surface area contributed by atoms with E-state index >= 15 is 0 Å². The van der Waals surface area contributed by atoms with Crippen LogP contribution in [0.1, 0.15) is 0 Å². The average molecular weight is 508 g/mol. The zero-order valence-corrected chi connectivity index (χ0v) is 17.3. The van der Waals surface area contributed by atoms with Crippen molar-refractivity contribution in [1.29, 1.82) is 0 Å². The molecular weight excluding hydrogens is 496 g/mol. The normalized spacial score (nSPS) is 12.7. The molecule has 0 fully saturated rings. The molecule has 0 aliphatic heterocycles. The Balaban J connectivity index is 0.000000303.